The van der Waals surface area contributed by atoms with Crippen LogP contribution in [0.2, 0.25) is 0 Å². The summed E-state index contributed by atoms with van der Waals surface area (Å²) in [6, 6.07) is 4.99. The van der Waals surface area contributed by atoms with E-state index in [4.69, 9.17) is 11.3 Å². The van der Waals surface area contributed by atoms with Crippen molar-refractivity contribution in [1.82, 2.24) is 14.2 Å². The molecule has 0 spiro atoms. The van der Waals surface area contributed by atoms with Crippen LogP contribution in [0.5, 0.6) is 5.75 Å². The zero-order valence-electron chi connectivity index (χ0n) is 23.8. The maximum atomic E-state index is 13.2. The number of aromatic nitrogens is 1. The van der Waals surface area contributed by atoms with Gasteiger partial charge in [-0.1, -0.05) is 0 Å². The molecular formula is C28H40N6O4S. The van der Waals surface area contributed by atoms with Crippen molar-refractivity contribution in [2.75, 3.05) is 64.6 Å². The first kappa shape index (κ1) is 30.3. The number of carbonyl (C=O) groups excluding carboxylic acids is 1. The van der Waals surface area contributed by atoms with Crippen LogP contribution in [-0.2, 0) is 14.8 Å². The summed E-state index contributed by atoms with van der Waals surface area (Å²) in [6.45, 7) is 13.9. The number of sulfonamides is 1. The van der Waals surface area contributed by atoms with Gasteiger partial charge in [0.2, 0.25) is 21.6 Å². The van der Waals surface area contributed by atoms with Crippen LogP contribution in [0.1, 0.15) is 36.8 Å². The van der Waals surface area contributed by atoms with Crippen molar-refractivity contribution in [2.45, 2.75) is 44.4 Å². The van der Waals surface area contributed by atoms with Crippen molar-refractivity contribution in [3.63, 3.8) is 0 Å². The third kappa shape index (κ3) is 7.68. The number of benzene rings is 1. The van der Waals surface area contributed by atoms with Crippen molar-refractivity contribution in [3.05, 3.63) is 46.9 Å². The van der Waals surface area contributed by atoms with Gasteiger partial charge in [-0.05, 0) is 89.0 Å². The molecule has 1 aliphatic rings. The van der Waals surface area contributed by atoms with Crippen LogP contribution >= 0.6 is 0 Å². The number of piperidine rings is 1. The molecule has 1 aromatic heterocycles. The number of anilines is 2. The number of rotatable bonds is 11. The minimum atomic E-state index is -3.80. The molecule has 11 heteroatoms. The van der Waals surface area contributed by atoms with Crippen molar-refractivity contribution < 1.29 is 17.9 Å². The second kappa shape index (κ2) is 13.2. The van der Waals surface area contributed by atoms with Crippen LogP contribution in [0.3, 0.4) is 0 Å². The first-order valence-electron chi connectivity index (χ1n) is 13.1. The van der Waals surface area contributed by atoms with E-state index in [2.05, 4.69) is 39.0 Å². The smallest absolute Gasteiger partial charge is 0.243 e. The Morgan fingerprint density at radius 3 is 2.36 bits per heavy atom. The van der Waals surface area contributed by atoms with Crippen molar-refractivity contribution >= 4 is 33.1 Å². The molecule has 212 valence electrons. The molecule has 10 nitrogen and oxygen atoms in total. The molecule has 1 aliphatic heterocycles. The lowest BCUT2D eigenvalue weighted by Crippen LogP contribution is -2.35. The maximum absolute atomic E-state index is 13.2. The lowest BCUT2D eigenvalue weighted by Gasteiger charge is -2.34. The number of hydrogen-bond donors (Lipinski definition) is 1. The Bertz CT molecular complexity index is 1290. The molecule has 1 amide bonds. The molecule has 0 aliphatic carbocycles. The molecule has 0 bridgehead atoms. The van der Waals surface area contributed by atoms with Gasteiger partial charge < -0.3 is 19.9 Å². The molecule has 1 fully saturated rings. The highest BCUT2D eigenvalue weighted by Crippen LogP contribution is 2.33. The van der Waals surface area contributed by atoms with Crippen molar-refractivity contribution in [2.24, 2.45) is 5.92 Å². The van der Waals surface area contributed by atoms with Crippen LogP contribution in [-0.4, -0.2) is 82.9 Å². The van der Waals surface area contributed by atoms with Gasteiger partial charge in [-0.15, -0.1) is 0 Å². The van der Waals surface area contributed by atoms with E-state index < -0.39 is 10.0 Å². The van der Waals surface area contributed by atoms with E-state index in [0.717, 1.165) is 32.5 Å². The number of amides is 1. The fourth-order valence-electron chi connectivity index (χ4n) is 4.91. The molecule has 1 aromatic carbocycles. The Morgan fingerprint density at radius 1 is 1.15 bits per heavy atom. The van der Waals surface area contributed by atoms with E-state index in [0.29, 0.717) is 40.0 Å². The number of pyridine rings is 1. The van der Waals surface area contributed by atoms with Crippen LogP contribution < -0.4 is 15.0 Å². The zero-order chi connectivity index (χ0) is 28.7. The van der Waals surface area contributed by atoms with Gasteiger partial charge in [0.05, 0.1) is 18.6 Å². The summed E-state index contributed by atoms with van der Waals surface area (Å²) < 4.78 is 32.8. The minimum absolute atomic E-state index is 0.00301. The summed E-state index contributed by atoms with van der Waals surface area (Å²) in [5, 5.41) is 2.76. The molecule has 3 rings (SSSR count). The predicted octanol–water partition coefficient (Wildman–Crippen LogP) is 4.08. The summed E-state index contributed by atoms with van der Waals surface area (Å²) in [5.41, 5.74) is 1.98. The molecule has 0 radical (unpaired) electrons. The summed E-state index contributed by atoms with van der Waals surface area (Å²) >= 11 is 0. The predicted molar refractivity (Wildman–Crippen MR) is 154 cm³/mol. The number of methoxy groups -OCH3 is 1. The quantitative estimate of drug-likeness (QED) is 0.417. The van der Waals surface area contributed by atoms with Crippen LogP contribution in [0.25, 0.3) is 4.85 Å². The SMILES string of the molecule is [C-]#[N+]c1cc(NC(=O)CCN(C)S(=O)(=O)c2c(C)cc(OC)cc2C)cnc1N1CCC(CCN(C)C)CC1. The molecular weight excluding hydrogens is 516 g/mol. The fraction of sp³-hybridized carbons (Fsp3) is 0.536. The van der Waals surface area contributed by atoms with Crippen LogP contribution in [0.15, 0.2) is 29.3 Å². The average Bonchev–Trinajstić information content (AvgIpc) is 2.90. The minimum Gasteiger partial charge on any atom is -0.497 e. The second-order valence-corrected chi connectivity index (χ2v) is 12.4. The lowest BCUT2D eigenvalue weighted by atomic mass is 9.93. The number of carbonyl (C=O) groups is 1. The normalized spacial score (nSPS) is 14.5. The summed E-state index contributed by atoms with van der Waals surface area (Å²) in [5.74, 6) is 1.56. The highest BCUT2D eigenvalue weighted by atomic mass is 32.2. The van der Waals surface area contributed by atoms with Gasteiger partial charge in [0.1, 0.15) is 11.6 Å². The largest absolute Gasteiger partial charge is 0.497 e. The number of ether oxygens (including phenoxy) is 1. The van der Waals surface area contributed by atoms with Crippen molar-refractivity contribution in [1.29, 1.82) is 0 Å². The summed E-state index contributed by atoms with van der Waals surface area (Å²) in [4.78, 5) is 25.4. The Balaban J connectivity index is 1.59. The first-order valence-corrected chi connectivity index (χ1v) is 14.6. The van der Waals surface area contributed by atoms with Gasteiger partial charge >= 0.3 is 0 Å². The Morgan fingerprint density at radius 2 is 1.79 bits per heavy atom. The Labute approximate surface area is 232 Å². The number of nitrogens with zero attached hydrogens (tertiary/aromatic N) is 5. The molecule has 1 saturated heterocycles. The topological polar surface area (TPSA) is 99.4 Å². The Kier molecular flexibility index (Phi) is 10.3. The number of aryl methyl sites for hydroxylation is 2. The van der Waals surface area contributed by atoms with E-state index in [1.165, 1.54) is 24.9 Å². The summed E-state index contributed by atoms with van der Waals surface area (Å²) in [7, 11) is 3.38. The monoisotopic (exact) mass is 556 g/mol. The molecule has 2 heterocycles. The van der Waals surface area contributed by atoms with E-state index in [-0.39, 0.29) is 23.8 Å². The highest BCUT2D eigenvalue weighted by molar-refractivity contribution is 7.89. The Hall–Kier alpha value is -3.20. The van der Waals surface area contributed by atoms with E-state index in [9.17, 15) is 13.2 Å². The lowest BCUT2D eigenvalue weighted by molar-refractivity contribution is -0.116. The van der Waals surface area contributed by atoms with Crippen LogP contribution in [0, 0.1) is 26.3 Å². The van der Waals surface area contributed by atoms with E-state index >= 15 is 0 Å². The van der Waals surface area contributed by atoms with Gasteiger partial charge in [0, 0.05) is 45.0 Å². The molecule has 0 atom stereocenters. The molecule has 0 saturated carbocycles. The summed E-state index contributed by atoms with van der Waals surface area (Å²) in [6.07, 6.45) is 4.82. The number of nitrogens with one attached hydrogen (secondary N) is 1. The maximum Gasteiger partial charge on any atom is 0.243 e. The molecule has 0 unspecified atom stereocenters. The van der Waals surface area contributed by atoms with Crippen molar-refractivity contribution in [3.8, 4) is 5.75 Å². The van der Waals surface area contributed by atoms with Gasteiger partial charge in [-0.2, -0.15) is 0 Å². The first-order chi connectivity index (χ1) is 18.5. The standard InChI is InChI=1S/C28H40N6O4S/c1-20-16-24(38-7)17-21(2)27(20)39(36,37)33(6)13-11-26(35)31-23-18-25(29-3)28(30-19-23)34-14-9-22(10-15-34)8-12-32(4)5/h16-19,22H,8-15H2,1-2,4-7H3,(H,31,35). The van der Waals surface area contributed by atoms with Gasteiger partial charge in [-0.25, -0.2) is 22.6 Å². The van der Waals surface area contributed by atoms with E-state index in [1.54, 1.807) is 38.2 Å². The zero-order valence-corrected chi connectivity index (χ0v) is 24.6. The highest BCUT2D eigenvalue weighted by Gasteiger charge is 2.26. The van der Waals surface area contributed by atoms with Gasteiger partial charge in [-0.3, -0.25) is 4.79 Å². The average molecular weight is 557 g/mol. The third-order valence-corrected chi connectivity index (χ3v) is 9.30. The van der Waals surface area contributed by atoms with Crippen LogP contribution in [0.4, 0.5) is 17.2 Å². The van der Waals surface area contributed by atoms with Gasteiger partial charge in [0.25, 0.3) is 0 Å². The number of hydrogen-bond acceptors (Lipinski definition) is 7. The molecule has 1 N–H and O–H groups in total. The second-order valence-electron chi connectivity index (χ2n) is 10.4. The molecule has 39 heavy (non-hydrogen) atoms. The van der Waals surface area contributed by atoms with E-state index in [1.807, 2.05) is 0 Å². The fourth-order valence-corrected chi connectivity index (χ4v) is 6.48. The molecule has 2 aromatic rings. The third-order valence-electron chi connectivity index (χ3n) is 7.14. The van der Waals surface area contributed by atoms with Gasteiger partial charge in [0.15, 0.2) is 0 Å².